The molecule has 26 heavy (non-hydrogen) atoms. The summed E-state index contributed by atoms with van der Waals surface area (Å²) in [6, 6.07) is 4.99. The van der Waals surface area contributed by atoms with Gasteiger partial charge in [0.05, 0.1) is 23.8 Å². The van der Waals surface area contributed by atoms with Crippen molar-refractivity contribution < 1.29 is 14.3 Å². The van der Waals surface area contributed by atoms with Crippen molar-refractivity contribution in [2.24, 2.45) is 7.05 Å². The maximum absolute atomic E-state index is 12.9. The van der Waals surface area contributed by atoms with Gasteiger partial charge in [-0.2, -0.15) is 0 Å². The van der Waals surface area contributed by atoms with Gasteiger partial charge < -0.3 is 19.5 Å². The first kappa shape index (κ1) is 16.6. The molecule has 0 aliphatic carbocycles. The van der Waals surface area contributed by atoms with Crippen LogP contribution < -0.4 is 10.9 Å². The molecule has 0 saturated carbocycles. The first-order chi connectivity index (χ1) is 12.5. The van der Waals surface area contributed by atoms with Crippen molar-refractivity contribution in [3.05, 3.63) is 40.4 Å². The smallest absolute Gasteiger partial charge is 0.407 e. The lowest BCUT2D eigenvalue weighted by Gasteiger charge is -2.25. The van der Waals surface area contributed by atoms with Gasteiger partial charge in [-0.05, 0) is 31.0 Å². The molecule has 2 aliphatic heterocycles. The van der Waals surface area contributed by atoms with Crippen molar-refractivity contribution in [3.8, 4) is 0 Å². The normalized spacial score (nSPS) is 23.0. The summed E-state index contributed by atoms with van der Waals surface area (Å²) in [6.45, 7) is 1.63. The summed E-state index contributed by atoms with van der Waals surface area (Å²) in [4.78, 5) is 42.4. The molecule has 1 unspecified atom stereocenters. The highest BCUT2D eigenvalue weighted by molar-refractivity contribution is 5.97. The van der Waals surface area contributed by atoms with E-state index in [0.717, 1.165) is 12.8 Å². The summed E-state index contributed by atoms with van der Waals surface area (Å²) in [5, 5.41) is 3.20. The molecule has 1 aromatic carbocycles. The predicted molar refractivity (Wildman–Crippen MR) is 94.0 cm³/mol. The van der Waals surface area contributed by atoms with Crippen molar-refractivity contribution in [1.29, 1.82) is 0 Å². The molecule has 4 rings (SSSR count). The number of hydrogen-bond donors (Lipinski definition) is 1. The molecule has 2 saturated heterocycles. The Morgan fingerprint density at radius 2 is 2.12 bits per heavy atom. The number of aromatic nitrogens is 2. The van der Waals surface area contributed by atoms with E-state index in [-0.39, 0.29) is 17.6 Å². The molecule has 8 nitrogen and oxygen atoms in total. The number of benzene rings is 1. The summed E-state index contributed by atoms with van der Waals surface area (Å²) >= 11 is 0. The van der Waals surface area contributed by atoms with E-state index in [1.54, 1.807) is 30.1 Å². The largest absolute Gasteiger partial charge is 0.441 e. The van der Waals surface area contributed by atoms with Gasteiger partial charge in [0.1, 0.15) is 5.60 Å². The lowest BCUT2D eigenvalue weighted by atomic mass is 9.95. The fourth-order valence-corrected chi connectivity index (χ4v) is 3.68. The minimum atomic E-state index is -0.497. The van der Waals surface area contributed by atoms with Crippen molar-refractivity contribution in [3.63, 3.8) is 0 Å². The number of nitrogens with one attached hydrogen (secondary N) is 1. The fourth-order valence-electron chi connectivity index (χ4n) is 3.68. The maximum Gasteiger partial charge on any atom is 0.407 e. The van der Waals surface area contributed by atoms with Crippen molar-refractivity contribution in [1.82, 2.24) is 19.8 Å². The van der Waals surface area contributed by atoms with Crippen LogP contribution in [-0.2, 0) is 11.8 Å². The molecular formula is C18H20N4O4. The number of carbonyl (C=O) groups is 2. The Kier molecular flexibility index (Phi) is 3.90. The second-order valence-electron chi connectivity index (χ2n) is 6.96. The average molecular weight is 356 g/mol. The van der Waals surface area contributed by atoms with Crippen LogP contribution in [0.25, 0.3) is 10.9 Å². The molecule has 3 heterocycles. The highest BCUT2D eigenvalue weighted by atomic mass is 16.6. The van der Waals surface area contributed by atoms with Crippen LogP contribution in [0.5, 0.6) is 0 Å². The number of rotatable bonds is 1. The quantitative estimate of drug-likeness (QED) is 0.824. The molecule has 1 spiro atoms. The van der Waals surface area contributed by atoms with Gasteiger partial charge in [0.25, 0.3) is 11.5 Å². The second-order valence-corrected chi connectivity index (χ2v) is 6.96. The molecular weight excluding hydrogens is 336 g/mol. The van der Waals surface area contributed by atoms with Gasteiger partial charge in [-0.25, -0.2) is 9.78 Å². The Labute approximate surface area is 149 Å². The highest BCUT2D eigenvalue weighted by Gasteiger charge is 2.41. The van der Waals surface area contributed by atoms with E-state index in [1.807, 2.05) is 0 Å². The van der Waals surface area contributed by atoms with E-state index in [4.69, 9.17) is 4.74 Å². The first-order valence-corrected chi connectivity index (χ1v) is 8.69. The third-order valence-electron chi connectivity index (χ3n) is 5.21. The number of ether oxygens (including phenoxy) is 1. The number of hydrogen-bond acceptors (Lipinski definition) is 5. The van der Waals surface area contributed by atoms with Crippen LogP contribution >= 0.6 is 0 Å². The molecule has 136 valence electrons. The number of alkyl carbamates (subject to hydrolysis) is 1. The SMILES string of the molecule is Cn1cnc2cc(C(=O)N3CCCC4(CC3)CNC(=O)O4)ccc2c1=O. The third-order valence-corrected chi connectivity index (χ3v) is 5.21. The molecule has 2 aromatic rings. The van der Waals surface area contributed by atoms with Crippen LogP contribution in [0.15, 0.2) is 29.3 Å². The molecule has 1 N–H and O–H groups in total. The zero-order chi connectivity index (χ0) is 18.3. The minimum absolute atomic E-state index is 0.0938. The number of nitrogens with zero attached hydrogens (tertiary/aromatic N) is 3. The topological polar surface area (TPSA) is 93.5 Å². The summed E-state index contributed by atoms with van der Waals surface area (Å²) < 4.78 is 6.86. The van der Waals surface area contributed by atoms with Gasteiger partial charge in [-0.1, -0.05) is 0 Å². The molecule has 2 amide bonds. The number of fused-ring (bicyclic) bond motifs is 1. The number of carbonyl (C=O) groups excluding carboxylic acids is 2. The Morgan fingerprint density at radius 1 is 1.27 bits per heavy atom. The van der Waals surface area contributed by atoms with Crippen LogP contribution in [0, 0.1) is 0 Å². The number of amides is 2. The van der Waals surface area contributed by atoms with Crippen molar-refractivity contribution in [2.75, 3.05) is 19.6 Å². The van der Waals surface area contributed by atoms with E-state index < -0.39 is 5.60 Å². The Morgan fingerprint density at radius 3 is 2.88 bits per heavy atom. The molecule has 1 atom stereocenters. The molecule has 2 aliphatic rings. The van der Waals surface area contributed by atoms with E-state index in [1.165, 1.54) is 10.9 Å². The minimum Gasteiger partial charge on any atom is -0.441 e. The summed E-state index contributed by atoms with van der Waals surface area (Å²) in [5.74, 6) is -0.0938. The van der Waals surface area contributed by atoms with Crippen LogP contribution in [0.2, 0.25) is 0 Å². The number of aryl methyl sites for hydroxylation is 1. The van der Waals surface area contributed by atoms with Gasteiger partial charge in [-0.15, -0.1) is 0 Å². The third kappa shape index (κ3) is 2.81. The monoisotopic (exact) mass is 356 g/mol. The molecule has 1 aromatic heterocycles. The summed E-state index contributed by atoms with van der Waals surface area (Å²) in [6.07, 6.45) is 3.20. The van der Waals surface area contributed by atoms with Crippen LogP contribution in [0.1, 0.15) is 29.6 Å². The van der Waals surface area contributed by atoms with Crippen LogP contribution in [-0.4, -0.2) is 51.7 Å². The van der Waals surface area contributed by atoms with E-state index in [0.29, 0.717) is 42.5 Å². The van der Waals surface area contributed by atoms with Gasteiger partial charge in [0, 0.05) is 32.1 Å². The van der Waals surface area contributed by atoms with Gasteiger partial charge in [0.2, 0.25) is 0 Å². The molecule has 2 fully saturated rings. The predicted octanol–water partition coefficient (Wildman–Crippen LogP) is 1.04. The van der Waals surface area contributed by atoms with Gasteiger partial charge >= 0.3 is 6.09 Å². The summed E-state index contributed by atoms with van der Waals surface area (Å²) in [7, 11) is 1.64. The molecule has 0 bridgehead atoms. The maximum atomic E-state index is 12.9. The van der Waals surface area contributed by atoms with E-state index in [2.05, 4.69) is 10.3 Å². The van der Waals surface area contributed by atoms with E-state index in [9.17, 15) is 14.4 Å². The first-order valence-electron chi connectivity index (χ1n) is 8.69. The van der Waals surface area contributed by atoms with Gasteiger partial charge in [-0.3, -0.25) is 9.59 Å². The highest BCUT2D eigenvalue weighted by Crippen LogP contribution is 2.29. The molecule has 8 heteroatoms. The Balaban J connectivity index is 1.56. The second kappa shape index (κ2) is 6.12. The van der Waals surface area contributed by atoms with Crippen molar-refractivity contribution in [2.45, 2.75) is 24.9 Å². The lowest BCUT2D eigenvalue weighted by Crippen LogP contribution is -2.36. The fraction of sp³-hybridized carbons (Fsp3) is 0.444. The average Bonchev–Trinajstić information content (AvgIpc) is 2.88. The Hall–Kier alpha value is -2.90. The standard InChI is InChI=1S/C18H20N4O4/c1-21-11-20-14-9-12(3-4-13(14)16(21)24)15(23)22-7-2-5-18(6-8-22)10-19-17(25)26-18/h3-4,9,11H,2,5-8,10H2,1H3,(H,19,25). The van der Waals surface area contributed by atoms with Crippen LogP contribution in [0.4, 0.5) is 4.79 Å². The summed E-state index contributed by atoms with van der Waals surface area (Å²) in [5.41, 5.74) is 0.389. The zero-order valence-electron chi connectivity index (χ0n) is 14.5. The zero-order valence-corrected chi connectivity index (χ0v) is 14.5. The van der Waals surface area contributed by atoms with Crippen molar-refractivity contribution >= 4 is 22.9 Å². The van der Waals surface area contributed by atoms with Crippen LogP contribution in [0.3, 0.4) is 0 Å². The Bertz CT molecular complexity index is 954. The van der Waals surface area contributed by atoms with E-state index >= 15 is 0 Å². The molecule has 0 radical (unpaired) electrons. The number of likely N-dealkylation sites (tertiary alicyclic amines) is 1. The van der Waals surface area contributed by atoms with Gasteiger partial charge in [0.15, 0.2) is 0 Å². The lowest BCUT2D eigenvalue weighted by molar-refractivity contribution is 0.0438.